The lowest BCUT2D eigenvalue weighted by Crippen LogP contribution is -2.58. The summed E-state index contributed by atoms with van der Waals surface area (Å²) in [5.74, 6) is 3.76. The van der Waals surface area contributed by atoms with Crippen molar-refractivity contribution in [2.45, 2.75) is 214 Å². The van der Waals surface area contributed by atoms with Gasteiger partial charge in [-0.1, -0.05) is 170 Å². The standard InChI is InChI=1S/C40H81O9P/c1-7-8-9-10-11-12-13-19-31(2)20-14-21-32(3)22-15-23-33(4)24-16-25-34(5)26-17-27-35(6)28-18-29-47-50(45,46)49-40-39(44)38(43)37(42)36(30-41)48-40/h31-44H,7-30H2,1-6H3,(H,45,46)/t31-,32-,33-,34-,35-,36?,37+,38-,39?,40-/m0/s1. The number of rotatable bonds is 32. The average Bonchev–Trinajstić information content (AvgIpc) is 3.06. The van der Waals surface area contributed by atoms with Crippen molar-refractivity contribution in [3.63, 3.8) is 0 Å². The molecule has 300 valence electrons. The van der Waals surface area contributed by atoms with E-state index < -0.39 is 45.1 Å². The zero-order valence-corrected chi connectivity index (χ0v) is 34.0. The number of phosphoric acid groups is 1. The maximum absolute atomic E-state index is 12.3. The lowest BCUT2D eigenvalue weighted by Gasteiger charge is -2.39. The molecular weight excluding hydrogens is 655 g/mol. The molecule has 0 aliphatic carbocycles. The number of aliphatic hydroxyl groups excluding tert-OH is 4. The molecule has 0 aromatic heterocycles. The van der Waals surface area contributed by atoms with Crippen LogP contribution in [0.25, 0.3) is 0 Å². The van der Waals surface area contributed by atoms with Gasteiger partial charge >= 0.3 is 7.82 Å². The minimum absolute atomic E-state index is 0.00170. The number of hydrogen-bond donors (Lipinski definition) is 5. The molecule has 11 atom stereocenters. The molecule has 10 heteroatoms. The van der Waals surface area contributed by atoms with E-state index >= 15 is 0 Å². The first-order valence-electron chi connectivity index (χ1n) is 20.8. The fraction of sp³-hybridized carbons (Fsp3) is 1.00. The summed E-state index contributed by atoms with van der Waals surface area (Å²) < 4.78 is 27.4. The van der Waals surface area contributed by atoms with E-state index in [0.29, 0.717) is 12.3 Å². The van der Waals surface area contributed by atoms with E-state index in [9.17, 15) is 29.9 Å². The number of hydrogen-bond acceptors (Lipinski definition) is 8. The van der Waals surface area contributed by atoms with Crippen molar-refractivity contribution in [2.75, 3.05) is 13.2 Å². The van der Waals surface area contributed by atoms with Crippen molar-refractivity contribution in [3.05, 3.63) is 0 Å². The molecule has 0 bridgehead atoms. The smallest absolute Gasteiger partial charge is 0.394 e. The van der Waals surface area contributed by atoms with E-state index in [4.69, 9.17) is 13.8 Å². The maximum atomic E-state index is 12.3. The Morgan fingerprint density at radius 1 is 0.560 bits per heavy atom. The lowest BCUT2D eigenvalue weighted by molar-refractivity contribution is -0.281. The van der Waals surface area contributed by atoms with Crippen LogP contribution in [-0.2, 0) is 18.3 Å². The Labute approximate surface area is 307 Å². The molecule has 1 heterocycles. The summed E-state index contributed by atoms with van der Waals surface area (Å²) in [5.41, 5.74) is 0. The van der Waals surface area contributed by atoms with Crippen LogP contribution in [0, 0.1) is 29.6 Å². The van der Waals surface area contributed by atoms with E-state index in [0.717, 1.165) is 36.5 Å². The van der Waals surface area contributed by atoms with Crippen LogP contribution in [0.2, 0.25) is 0 Å². The van der Waals surface area contributed by atoms with Gasteiger partial charge in [0.25, 0.3) is 0 Å². The highest BCUT2D eigenvalue weighted by Crippen LogP contribution is 2.46. The molecule has 1 saturated heterocycles. The van der Waals surface area contributed by atoms with Crippen molar-refractivity contribution in [1.29, 1.82) is 0 Å². The highest BCUT2D eigenvalue weighted by molar-refractivity contribution is 7.47. The quantitative estimate of drug-likeness (QED) is 0.0337. The van der Waals surface area contributed by atoms with E-state index in [1.807, 2.05) is 0 Å². The van der Waals surface area contributed by atoms with Crippen LogP contribution in [0.5, 0.6) is 0 Å². The van der Waals surface area contributed by atoms with Crippen LogP contribution in [0.1, 0.15) is 183 Å². The minimum atomic E-state index is -4.58. The summed E-state index contributed by atoms with van der Waals surface area (Å²) in [5, 5.41) is 38.9. The average molecular weight is 737 g/mol. The second-order valence-corrected chi connectivity index (χ2v) is 17.8. The summed E-state index contributed by atoms with van der Waals surface area (Å²) in [7, 11) is -4.58. The second-order valence-electron chi connectivity index (χ2n) is 16.4. The molecule has 0 aromatic rings. The van der Waals surface area contributed by atoms with Crippen molar-refractivity contribution >= 4 is 7.82 Å². The van der Waals surface area contributed by atoms with E-state index in [2.05, 4.69) is 41.5 Å². The van der Waals surface area contributed by atoms with Gasteiger partial charge in [-0.15, -0.1) is 0 Å². The molecule has 0 amide bonds. The van der Waals surface area contributed by atoms with Crippen LogP contribution < -0.4 is 0 Å². The highest BCUT2D eigenvalue weighted by Gasteiger charge is 2.46. The monoisotopic (exact) mass is 737 g/mol. The Hall–Kier alpha value is -0.0900. The number of phosphoric ester groups is 1. The first-order valence-corrected chi connectivity index (χ1v) is 22.2. The molecule has 0 spiro atoms. The Balaban J connectivity index is 2.04. The number of unbranched alkanes of at least 4 members (excludes halogenated alkanes) is 6. The predicted octanol–water partition coefficient (Wildman–Crippen LogP) is 9.70. The summed E-state index contributed by atoms with van der Waals surface area (Å²) in [6, 6.07) is 0. The summed E-state index contributed by atoms with van der Waals surface area (Å²) in [6.07, 6.45) is 20.5. The van der Waals surface area contributed by atoms with Crippen LogP contribution >= 0.6 is 7.82 Å². The third kappa shape index (κ3) is 22.9. The van der Waals surface area contributed by atoms with Crippen LogP contribution in [0.4, 0.5) is 0 Å². The van der Waals surface area contributed by atoms with Gasteiger partial charge in [-0.25, -0.2) is 4.57 Å². The molecule has 0 saturated carbocycles. The van der Waals surface area contributed by atoms with Gasteiger partial charge in [0, 0.05) is 0 Å². The zero-order valence-electron chi connectivity index (χ0n) is 33.1. The molecule has 1 rings (SSSR count). The minimum Gasteiger partial charge on any atom is -0.394 e. The Bertz CT molecular complexity index is 846. The lowest BCUT2D eigenvalue weighted by atomic mass is 9.89. The van der Waals surface area contributed by atoms with Crippen molar-refractivity contribution < 1.29 is 43.7 Å². The normalized spacial score (nSPS) is 25.5. The molecule has 3 unspecified atom stereocenters. The van der Waals surface area contributed by atoms with E-state index in [-0.39, 0.29) is 6.61 Å². The van der Waals surface area contributed by atoms with Crippen molar-refractivity contribution in [2.24, 2.45) is 29.6 Å². The summed E-state index contributed by atoms with van der Waals surface area (Å²) in [6.45, 7) is 13.5. The van der Waals surface area contributed by atoms with Gasteiger partial charge in [0.1, 0.15) is 24.4 Å². The molecule has 1 fully saturated rings. The fourth-order valence-corrected chi connectivity index (χ4v) is 8.22. The third-order valence-corrected chi connectivity index (χ3v) is 12.0. The number of aliphatic hydroxyl groups is 4. The SMILES string of the molecule is CCCCCCCCC[C@H](C)CCC[C@H](C)CCC[C@H](C)CCC[C@H](C)CCC[C@H](C)CCCOP(=O)(O)O[C@@H]1OC(CO)[C@@H](O)[C@H](O)C1O. The number of ether oxygens (including phenoxy) is 1. The molecule has 50 heavy (non-hydrogen) atoms. The summed E-state index contributed by atoms with van der Waals surface area (Å²) in [4.78, 5) is 10.0. The Kier molecular flexibility index (Phi) is 27.2. The molecule has 0 aromatic carbocycles. The van der Waals surface area contributed by atoms with Gasteiger partial charge in [-0.2, -0.15) is 0 Å². The van der Waals surface area contributed by atoms with Gasteiger partial charge in [0.2, 0.25) is 0 Å². The van der Waals surface area contributed by atoms with Crippen LogP contribution in [0.15, 0.2) is 0 Å². The predicted molar refractivity (Wildman–Crippen MR) is 204 cm³/mol. The molecule has 1 aliphatic rings. The highest BCUT2D eigenvalue weighted by atomic mass is 31.2. The third-order valence-electron chi connectivity index (χ3n) is 11.1. The second kappa shape index (κ2) is 28.4. The Morgan fingerprint density at radius 2 is 0.940 bits per heavy atom. The van der Waals surface area contributed by atoms with Crippen molar-refractivity contribution in [3.8, 4) is 0 Å². The van der Waals surface area contributed by atoms with E-state index in [1.54, 1.807) is 0 Å². The van der Waals surface area contributed by atoms with Crippen molar-refractivity contribution in [1.82, 2.24) is 0 Å². The first-order chi connectivity index (χ1) is 23.8. The maximum Gasteiger partial charge on any atom is 0.474 e. The zero-order chi connectivity index (χ0) is 37.4. The molecule has 1 aliphatic heterocycles. The van der Waals surface area contributed by atoms with Crippen LogP contribution in [0.3, 0.4) is 0 Å². The molecular formula is C40H81O9P. The fourth-order valence-electron chi connectivity index (χ4n) is 7.36. The van der Waals surface area contributed by atoms with Gasteiger partial charge in [-0.3, -0.25) is 9.05 Å². The summed E-state index contributed by atoms with van der Waals surface area (Å²) >= 11 is 0. The van der Waals surface area contributed by atoms with E-state index in [1.165, 1.54) is 122 Å². The van der Waals surface area contributed by atoms with Gasteiger partial charge in [-0.05, 0) is 42.4 Å². The Morgan fingerprint density at radius 3 is 1.36 bits per heavy atom. The molecule has 9 nitrogen and oxygen atoms in total. The van der Waals surface area contributed by atoms with Crippen LogP contribution in [-0.4, -0.2) is 69.2 Å². The van der Waals surface area contributed by atoms with Gasteiger partial charge in [0.15, 0.2) is 6.29 Å². The van der Waals surface area contributed by atoms with Gasteiger partial charge < -0.3 is 30.1 Å². The topological polar surface area (TPSA) is 146 Å². The molecule has 5 N–H and O–H groups in total. The van der Waals surface area contributed by atoms with Gasteiger partial charge in [0.05, 0.1) is 13.2 Å². The molecule has 0 radical (unpaired) electrons. The largest absolute Gasteiger partial charge is 0.474 e. The first kappa shape index (κ1) is 47.9.